The zero-order chi connectivity index (χ0) is 16.0. The van der Waals surface area contributed by atoms with Crippen LogP contribution in [0.5, 0.6) is 0 Å². The predicted octanol–water partition coefficient (Wildman–Crippen LogP) is 3.73. The quantitative estimate of drug-likeness (QED) is 0.883. The Morgan fingerprint density at radius 2 is 1.41 bits per heavy atom. The largest absolute Gasteiger partial charge is 0.480 e. The molecule has 0 radical (unpaired) electrons. The van der Waals surface area contributed by atoms with Crippen LogP contribution in [0.25, 0.3) is 0 Å². The van der Waals surface area contributed by atoms with Gasteiger partial charge in [-0.3, -0.25) is 9.59 Å². The molecule has 114 valence electrons. The van der Waals surface area contributed by atoms with Crippen LogP contribution in [-0.4, -0.2) is 21.9 Å². The monoisotopic (exact) mass is 314 g/mol. The molecule has 0 amide bonds. The highest BCUT2D eigenvalue weighted by Crippen LogP contribution is 2.37. The molecule has 0 aromatic heterocycles. The van der Waals surface area contributed by atoms with Gasteiger partial charge in [0.05, 0.1) is 0 Å². The van der Waals surface area contributed by atoms with E-state index in [1.807, 2.05) is 60.7 Å². The van der Waals surface area contributed by atoms with Crippen LogP contribution in [0.15, 0.2) is 60.7 Å². The summed E-state index contributed by atoms with van der Waals surface area (Å²) in [5, 5.41) is 10.0. The van der Waals surface area contributed by atoms with Gasteiger partial charge in [-0.2, -0.15) is 0 Å². The van der Waals surface area contributed by atoms with Crippen molar-refractivity contribution in [1.82, 2.24) is 0 Å². The molecule has 0 fully saturated rings. The Bertz CT molecular complexity index is 598. The molecule has 2 aromatic rings. The SMILES string of the molecule is CC(=O)SCCC(C(=O)O)(c1ccccc1)c1ccccc1. The van der Waals surface area contributed by atoms with Gasteiger partial charge in [-0.05, 0) is 17.5 Å². The third-order valence-electron chi connectivity index (χ3n) is 3.68. The Labute approximate surface area is 134 Å². The maximum absolute atomic E-state index is 12.2. The van der Waals surface area contributed by atoms with Gasteiger partial charge in [0.2, 0.25) is 0 Å². The molecule has 2 rings (SSSR count). The smallest absolute Gasteiger partial charge is 0.318 e. The number of carbonyl (C=O) groups excluding carboxylic acids is 1. The normalized spacial score (nSPS) is 11.1. The van der Waals surface area contributed by atoms with Crippen LogP contribution in [-0.2, 0) is 15.0 Å². The molecule has 3 nitrogen and oxygen atoms in total. The van der Waals surface area contributed by atoms with Gasteiger partial charge in [0, 0.05) is 12.7 Å². The number of carboxylic acid groups (broad SMARTS) is 1. The predicted molar refractivity (Wildman–Crippen MR) is 89.1 cm³/mol. The van der Waals surface area contributed by atoms with E-state index in [-0.39, 0.29) is 5.12 Å². The summed E-state index contributed by atoms with van der Waals surface area (Å²) in [6.07, 6.45) is 0.362. The van der Waals surface area contributed by atoms with E-state index < -0.39 is 11.4 Å². The van der Waals surface area contributed by atoms with Crippen LogP contribution in [0.1, 0.15) is 24.5 Å². The average molecular weight is 314 g/mol. The van der Waals surface area contributed by atoms with Crippen molar-refractivity contribution in [2.24, 2.45) is 0 Å². The highest BCUT2D eigenvalue weighted by molar-refractivity contribution is 8.13. The van der Waals surface area contributed by atoms with Crippen molar-refractivity contribution in [2.75, 3.05) is 5.75 Å². The van der Waals surface area contributed by atoms with Gasteiger partial charge >= 0.3 is 5.97 Å². The summed E-state index contributed by atoms with van der Waals surface area (Å²) in [4.78, 5) is 23.4. The highest BCUT2D eigenvalue weighted by atomic mass is 32.2. The third kappa shape index (κ3) is 3.39. The van der Waals surface area contributed by atoms with Crippen LogP contribution in [0.2, 0.25) is 0 Å². The zero-order valence-electron chi connectivity index (χ0n) is 12.4. The lowest BCUT2D eigenvalue weighted by Gasteiger charge is -2.30. The number of rotatable bonds is 6. The Morgan fingerprint density at radius 1 is 0.955 bits per heavy atom. The average Bonchev–Trinajstić information content (AvgIpc) is 2.53. The van der Waals surface area contributed by atoms with Crippen molar-refractivity contribution in [1.29, 1.82) is 0 Å². The minimum Gasteiger partial charge on any atom is -0.480 e. The first kappa shape index (κ1) is 16.3. The number of carboxylic acids is 1. The van der Waals surface area contributed by atoms with E-state index in [0.29, 0.717) is 12.2 Å². The Hall–Kier alpha value is -2.07. The van der Waals surface area contributed by atoms with E-state index >= 15 is 0 Å². The molecule has 0 saturated heterocycles. The molecular formula is C18H18O3S. The second kappa shape index (κ2) is 7.27. The summed E-state index contributed by atoms with van der Waals surface area (Å²) in [5.41, 5.74) is 0.334. The lowest BCUT2D eigenvalue weighted by atomic mass is 9.72. The van der Waals surface area contributed by atoms with Gasteiger partial charge in [0.1, 0.15) is 5.41 Å². The van der Waals surface area contributed by atoms with Gasteiger partial charge in [0.25, 0.3) is 0 Å². The summed E-state index contributed by atoms with van der Waals surface area (Å²) in [6, 6.07) is 18.4. The van der Waals surface area contributed by atoms with E-state index in [2.05, 4.69) is 0 Å². The fourth-order valence-electron chi connectivity index (χ4n) is 2.60. The van der Waals surface area contributed by atoms with Crippen LogP contribution in [0, 0.1) is 0 Å². The lowest BCUT2D eigenvalue weighted by Crippen LogP contribution is -2.37. The molecule has 2 aromatic carbocycles. The molecule has 4 heteroatoms. The molecule has 0 bridgehead atoms. The molecule has 0 unspecified atom stereocenters. The summed E-state index contributed by atoms with van der Waals surface area (Å²) in [6.45, 7) is 1.50. The van der Waals surface area contributed by atoms with Gasteiger partial charge in [-0.25, -0.2) is 0 Å². The molecule has 22 heavy (non-hydrogen) atoms. The van der Waals surface area contributed by atoms with E-state index in [4.69, 9.17) is 0 Å². The van der Waals surface area contributed by atoms with Crippen molar-refractivity contribution in [3.05, 3.63) is 71.8 Å². The summed E-state index contributed by atoms with van der Waals surface area (Å²) >= 11 is 1.16. The van der Waals surface area contributed by atoms with E-state index in [9.17, 15) is 14.7 Å². The molecule has 0 aliphatic rings. The van der Waals surface area contributed by atoms with Crippen molar-refractivity contribution in [2.45, 2.75) is 18.8 Å². The fraction of sp³-hybridized carbons (Fsp3) is 0.222. The van der Waals surface area contributed by atoms with Crippen molar-refractivity contribution in [3.8, 4) is 0 Å². The van der Waals surface area contributed by atoms with Crippen LogP contribution < -0.4 is 0 Å². The first-order chi connectivity index (χ1) is 10.6. The summed E-state index contributed by atoms with van der Waals surface area (Å²) in [5.74, 6) is -0.431. The minimum absolute atomic E-state index is 0.000382. The van der Waals surface area contributed by atoms with E-state index in [0.717, 1.165) is 22.9 Å². The van der Waals surface area contributed by atoms with Gasteiger partial charge in [0.15, 0.2) is 5.12 Å². The minimum atomic E-state index is -1.13. The summed E-state index contributed by atoms with van der Waals surface area (Å²) < 4.78 is 0. The van der Waals surface area contributed by atoms with Crippen LogP contribution in [0.4, 0.5) is 0 Å². The first-order valence-electron chi connectivity index (χ1n) is 7.05. The van der Waals surface area contributed by atoms with Crippen molar-refractivity contribution < 1.29 is 14.7 Å². The van der Waals surface area contributed by atoms with Crippen molar-refractivity contribution >= 4 is 22.8 Å². The molecular weight excluding hydrogens is 296 g/mol. The van der Waals surface area contributed by atoms with Gasteiger partial charge < -0.3 is 5.11 Å². The molecule has 0 heterocycles. The second-order valence-corrected chi connectivity index (χ2v) is 6.30. The van der Waals surface area contributed by atoms with E-state index in [1.165, 1.54) is 6.92 Å². The number of aliphatic carboxylic acids is 1. The topological polar surface area (TPSA) is 54.4 Å². The maximum atomic E-state index is 12.2. The molecule has 0 aliphatic carbocycles. The Kier molecular flexibility index (Phi) is 5.39. The number of benzene rings is 2. The second-order valence-electron chi connectivity index (χ2n) is 5.03. The zero-order valence-corrected chi connectivity index (χ0v) is 13.2. The first-order valence-corrected chi connectivity index (χ1v) is 8.04. The Morgan fingerprint density at radius 3 is 1.77 bits per heavy atom. The van der Waals surface area contributed by atoms with Crippen LogP contribution in [0.3, 0.4) is 0 Å². The maximum Gasteiger partial charge on any atom is 0.318 e. The third-order valence-corrected chi connectivity index (χ3v) is 4.50. The van der Waals surface area contributed by atoms with Gasteiger partial charge in [-0.1, -0.05) is 72.4 Å². The number of hydrogen-bond donors (Lipinski definition) is 1. The highest BCUT2D eigenvalue weighted by Gasteiger charge is 2.41. The fourth-order valence-corrected chi connectivity index (χ4v) is 3.30. The standard InChI is InChI=1S/C18H18O3S/c1-14(19)22-13-12-18(17(20)21,15-8-4-2-5-9-15)16-10-6-3-7-11-16/h2-11H,12-13H2,1H3,(H,20,21). The molecule has 1 N–H and O–H groups in total. The molecule has 0 atom stereocenters. The van der Waals surface area contributed by atoms with Crippen molar-refractivity contribution in [3.63, 3.8) is 0 Å². The lowest BCUT2D eigenvalue weighted by molar-refractivity contribution is -0.142. The summed E-state index contributed by atoms with van der Waals surface area (Å²) in [7, 11) is 0. The molecule has 0 spiro atoms. The number of thioether (sulfide) groups is 1. The Balaban J connectivity index is 2.50. The molecule has 0 aliphatic heterocycles. The van der Waals surface area contributed by atoms with E-state index in [1.54, 1.807) is 0 Å². The number of carbonyl (C=O) groups is 2. The van der Waals surface area contributed by atoms with Crippen LogP contribution >= 0.6 is 11.8 Å². The number of hydrogen-bond acceptors (Lipinski definition) is 3. The molecule has 0 saturated carbocycles. The van der Waals surface area contributed by atoms with Gasteiger partial charge in [-0.15, -0.1) is 0 Å².